The molecule has 0 fully saturated rings. The number of thiophene rings is 1. The van der Waals surface area contributed by atoms with Crippen molar-refractivity contribution in [2.24, 2.45) is 0 Å². The number of rotatable bonds is 2. The van der Waals surface area contributed by atoms with E-state index in [2.05, 4.69) is 197 Å². The highest BCUT2D eigenvalue weighted by atomic mass is 32.1. The van der Waals surface area contributed by atoms with Crippen LogP contribution in [0, 0.1) is 12.1 Å². The third-order valence-electron chi connectivity index (χ3n) is 14.2. The Labute approximate surface area is 363 Å². The lowest BCUT2D eigenvalue weighted by molar-refractivity contribution is 1.38. The molecule has 2 nitrogen and oxygen atoms in total. The van der Waals surface area contributed by atoms with E-state index in [0.29, 0.717) is 0 Å². The van der Waals surface area contributed by atoms with Crippen LogP contribution >= 0.6 is 11.3 Å². The van der Waals surface area contributed by atoms with E-state index >= 15 is 0 Å². The zero-order chi connectivity index (χ0) is 40.7. The molecule has 16 rings (SSSR count). The monoisotopic (exact) mass is 810 g/mol. The van der Waals surface area contributed by atoms with Gasteiger partial charge >= 0.3 is 0 Å². The molecule has 0 aliphatic carbocycles. The van der Waals surface area contributed by atoms with Crippen LogP contribution in [0.15, 0.2) is 182 Å². The van der Waals surface area contributed by atoms with Crippen LogP contribution in [0.5, 0.6) is 0 Å². The van der Waals surface area contributed by atoms with Gasteiger partial charge in [0.1, 0.15) is 0 Å². The molecule has 5 heterocycles. The summed E-state index contributed by atoms with van der Waals surface area (Å²) in [4.78, 5) is 2.60. The molecule has 0 saturated carbocycles. The van der Waals surface area contributed by atoms with Crippen molar-refractivity contribution in [3.63, 3.8) is 0 Å². The normalized spacial score (nSPS) is 12.6. The Morgan fingerprint density at radius 3 is 1.11 bits per heavy atom. The summed E-state index contributed by atoms with van der Waals surface area (Å²) in [5.41, 5.74) is 10.1. The first kappa shape index (κ1) is 32.6. The van der Waals surface area contributed by atoms with E-state index in [1.807, 2.05) is 17.4 Å². The molecule has 0 aliphatic rings. The molecular weight excluding hydrogens is 781 g/mol. The molecule has 0 amide bonds. The van der Waals surface area contributed by atoms with Crippen molar-refractivity contribution in [3.05, 3.63) is 194 Å². The fraction of sp³-hybridized carbons (Fsp3) is 0. The Morgan fingerprint density at radius 1 is 0.317 bits per heavy atom. The Morgan fingerprint density at radius 2 is 0.683 bits per heavy atom. The molecule has 0 atom stereocenters. The molecule has 286 valence electrons. The second kappa shape index (κ2) is 11.4. The molecule has 11 aromatic carbocycles. The van der Waals surface area contributed by atoms with Crippen molar-refractivity contribution in [1.29, 1.82) is 0 Å². The highest BCUT2D eigenvalue weighted by molar-refractivity contribution is 7.21. The Kier molecular flexibility index (Phi) is 5.90. The van der Waals surface area contributed by atoms with Crippen molar-refractivity contribution in [2.45, 2.75) is 0 Å². The van der Waals surface area contributed by atoms with Gasteiger partial charge in [-0.1, -0.05) is 109 Å². The van der Waals surface area contributed by atoms with Crippen molar-refractivity contribution in [2.75, 3.05) is 0 Å². The van der Waals surface area contributed by atoms with Crippen molar-refractivity contribution < 1.29 is 0 Å². The molecule has 0 saturated heterocycles. The number of hydrogen-bond donors (Lipinski definition) is 0. The van der Waals surface area contributed by atoms with E-state index in [-0.39, 0.29) is 0 Å². The zero-order valence-corrected chi connectivity index (χ0v) is 34.4. The van der Waals surface area contributed by atoms with E-state index in [1.54, 1.807) is 0 Å². The third kappa shape index (κ3) is 4.14. The molecule has 0 spiro atoms. The van der Waals surface area contributed by atoms with Gasteiger partial charge in [-0.2, -0.15) is 0 Å². The van der Waals surface area contributed by atoms with Gasteiger partial charge in [0.25, 0.3) is 0 Å². The minimum Gasteiger partial charge on any atom is -0.308 e. The van der Waals surface area contributed by atoms with E-state index in [4.69, 9.17) is 0 Å². The van der Waals surface area contributed by atoms with E-state index in [9.17, 15) is 0 Å². The first-order valence-corrected chi connectivity index (χ1v) is 22.5. The predicted molar refractivity (Wildman–Crippen MR) is 270 cm³/mol. The molecule has 16 aromatic rings. The summed E-state index contributed by atoms with van der Waals surface area (Å²) in [6, 6.07) is 75.1. The quantitative estimate of drug-likeness (QED) is 0.164. The topological polar surface area (TPSA) is 8.82 Å². The second-order valence-electron chi connectivity index (χ2n) is 17.5. The van der Waals surface area contributed by atoms with Crippen LogP contribution in [-0.4, -0.2) is 8.80 Å². The molecule has 0 N–H and O–H groups in total. The van der Waals surface area contributed by atoms with Gasteiger partial charge in [-0.15, -0.1) is 11.3 Å². The molecule has 5 aromatic heterocycles. The fourth-order valence-corrected chi connectivity index (χ4v) is 12.7. The van der Waals surface area contributed by atoms with Gasteiger partial charge in [0.2, 0.25) is 0 Å². The zero-order valence-electron chi connectivity index (χ0n) is 33.6. The highest BCUT2D eigenvalue weighted by Gasteiger charge is 2.25. The lowest BCUT2D eigenvalue weighted by atomic mass is 9.98. The van der Waals surface area contributed by atoms with Crippen LogP contribution in [0.2, 0.25) is 0 Å². The van der Waals surface area contributed by atoms with Gasteiger partial charge in [0, 0.05) is 69.0 Å². The summed E-state index contributed by atoms with van der Waals surface area (Å²) >= 11 is 1.93. The van der Waals surface area contributed by atoms with Crippen LogP contribution in [0.4, 0.5) is 0 Å². The first-order chi connectivity index (χ1) is 31.2. The summed E-state index contributed by atoms with van der Waals surface area (Å²) in [6.07, 6.45) is 0. The first-order valence-electron chi connectivity index (χ1n) is 21.6. The number of nitrogens with zero attached hydrogens (tertiary/aromatic N) is 2. The van der Waals surface area contributed by atoms with Crippen molar-refractivity contribution in [3.8, 4) is 20.9 Å². The summed E-state index contributed by atoms with van der Waals surface area (Å²) in [5, 5.41) is 22.7. The minimum absolute atomic E-state index is 1.08. The highest BCUT2D eigenvalue weighted by Crippen LogP contribution is 2.51. The largest absolute Gasteiger partial charge is 0.308 e. The average Bonchev–Trinajstić information content (AvgIpc) is 4.12. The SMILES string of the molecule is c1ccc2cc3c4cc(-c5sc(-c6cc7c8cc9ccccc9cc8n8c9cc%10ccccc%10cc9c(c6)c78)c6ccccc56)cc5c6cc7ccccc7cc6n(c3cc2c#1)c45. The van der Waals surface area contributed by atoms with Crippen molar-refractivity contribution >= 4 is 141 Å². The third-order valence-corrected chi connectivity index (χ3v) is 15.6. The van der Waals surface area contributed by atoms with Gasteiger partial charge in [-0.25, -0.2) is 0 Å². The molecule has 0 unspecified atom stereocenters. The molecule has 0 radical (unpaired) electrons. The Bertz CT molecular complexity index is 4130. The van der Waals surface area contributed by atoms with Crippen LogP contribution in [-0.2, 0) is 0 Å². The summed E-state index contributed by atoms with van der Waals surface area (Å²) in [6.45, 7) is 0. The van der Waals surface area contributed by atoms with Crippen LogP contribution in [0.25, 0.3) is 151 Å². The molecule has 63 heavy (non-hydrogen) atoms. The predicted octanol–water partition coefficient (Wildman–Crippen LogP) is 16.7. The molecule has 0 aliphatic heterocycles. The Hall–Kier alpha value is -8.16. The number of aromatic nitrogens is 2. The second-order valence-corrected chi connectivity index (χ2v) is 18.5. The van der Waals surface area contributed by atoms with Gasteiger partial charge < -0.3 is 8.80 Å². The van der Waals surface area contributed by atoms with Gasteiger partial charge in [-0.05, 0) is 134 Å². The lowest BCUT2D eigenvalue weighted by Gasteiger charge is -2.05. The maximum atomic E-state index is 3.40. The van der Waals surface area contributed by atoms with E-state index in [1.165, 1.54) is 146 Å². The van der Waals surface area contributed by atoms with E-state index < -0.39 is 0 Å². The summed E-state index contributed by atoms with van der Waals surface area (Å²) in [5.74, 6) is 0. The van der Waals surface area contributed by atoms with Crippen molar-refractivity contribution in [1.82, 2.24) is 8.80 Å². The average molecular weight is 811 g/mol. The van der Waals surface area contributed by atoms with Crippen LogP contribution in [0.3, 0.4) is 0 Å². The minimum atomic E-state index is 1.08. The van der Waals surface area contributed by atoms with Gasteiger partial charge in [-0.3, -0.25) is 0 Å². The number of hydrogen-bond acceptors (Lipinski definition) is 1. The number of fused-ring (bicyclic) bond motifs is 17. The van der Waals surface area contributed by atoms with Crippen LogP contribution in [0.1, 0.15) is 0 Å². The van der Waals surface area contributed by atoms with Gasteiger partial charge in [0.15, 0.2) is 0 Å². The summed E-state index contributed by atoms with van der Waals surface area (Å²) in [7, 11) is 0. The Balaban J connectivity index is 1.01. The maximum Gasteiger partial charge on any atom is 0.0620 e. The van der Waals surface area contributed by atoms with Gasteiger partial charge in [0.05, 0.1) is 33.1 Å². The fourth-order valence-electron chi connectivity index (χ4n) is 11.5. The molecule has 3 heteroatoms. The van der Waals surface area contributed by atoms with E-state index in [0.717, 1.165) is 5.39 Å². The van der Waals surface area contributed by atoms with Crippen LogP contribution < -0.4 is 0 Å². The molecule has 0 bridgehead atoms. The number of benzene rings is 10. The smallest absolute Gasteiger partial charge is 0.0620 e. The summed E-state index contributed by atoms with van der Waals surface area (Å²) < 4.78 is 5.04. The lowest BCUT2D eigenvalue weighted by Crippen LogP contribution is -1.82. The standard InChI is InChI=1S/C60H30N2S/c1-5-15-37-29-53-45(21-33(37)11-1)49-25-41(26-50-46-22-34-12-2-6-16-38(34)30-54(46)61(53)57(49)50)59-43-19-9-10-20-44(43)60(63-59)42-27-51-47-23-35-13-3-7-17-39(35)31-55(47)62-56-32-40-18-8-4-14-36(40)24-48(56)52(28-42)58(51)62/h1-7,9-17,19-32H. The molecular formula is C60H30N2S. The maximum absolute atomic E-state index is 3.40.